The molecule has 4 nitrogen and oxygen atoms in total. The molecule has 1 aromatic carbocycles. The van der Waals surface area contributed by atoms with E-state index in [1.807, 2.05) is 17.7 Å². The summed E-state index contributed by atoms with van der Waals surface area (Å²) in [5.74, 6) is 5.72. The minimum atomic E-state index is 0.190. The van der Waals surface area contributed by atoms with Crippen LogP contribution in [0, 0.1) is 6.92 Å². The molecule has 0 aliphatic rings. The Hall–Kier alpha value is -1.17. The number of aryl methyl sites for hydroxylation is 2. The minimum absolute atomic E-state index is 0.190. The van der Waals surface area contributed by atoms with E-state index in [4.69, 9.17) is 5.84 Å². The quantitative estimate of drug-likeness (QED) is 0.629. The molecule has 108 valence electrons. The van der Waals surface area contributed by atoms with Crippen LogP contribution in [0.5, 0.6) is 0 Å². The summed E-state index contributed by atoms with van der Waals surface area (Å²) >= 11 is 3.63. The van der Waals surface area contributed by atoms with Gasteiger partial charge in [-0.3, -0.25) is 16.0 Å². The van der Waals surface area contributed by atoms with E-state index in [1.165, 1.54) is 11.3 Å². The van der Waals surface area contributed by atoms with E-state index in [-0.39, 0.29) is 6.04 Å². The number of nitrogens with two attached hydrogens (primary N) is 1. The molecular weight excluding hydrogens is 316 g/mol. The molecule has 1 heterocycles. The third kappa shape index (κ3) is 3.48. The lowest BCUT2D eigenvalue weighted by atomic mass is 10.0. The van der Waals surface area contributed by atoms with Gasteiger partial charge in [-0.15, -0.1) is 0 Å². The normalized spacial score (nSPS) is 12.6. The fourth-order valence-corrected chi connectivity index (χ4v) is 2.83. The fourth-order valence-electron chi connectivity index (χ4n) is 2.39. The van der Waals surface area contributed by atoms with Gasteiger partial charge in [0.05, 0.1) is 15.9 Å². The van der Waals surface area contributed by atoms with Crippen molar-refractivity contribution in [3.8, 4) is 0 Å². The Morgan fingerprint density at radius 3 is 2.60 bits per heavy atom. The van der Waals surface area contributed by atoms with Crippen LogP contribution in [-0.4, -0.2) is 15.8 Å². The van der Waals surface area contributed by atoms with Gasteiger partial charge in [-0.05, 0) is 41.8 Å². The molecule has 0 saturated carbocycles. The molecule has 2 rings (SSSR count). The third-order valence-corrected chi connectivity index (χ3v) is 4.48. The lowest BCUT2D eigenvalue weighted by Gasteiger charge is -2.17. The number of halogens is 1. The summed E-state index contributed by atoms with van der Waals surface area (Å²) in [6, 6.07) is 10.6. The maximum absolute atomic E-state index is 5.72. The molecule has 1 atom stereocenters. The fraction of sp³-hybridized carbons (Fsp3) is 0.400. The highest BCUT2D eigenvalue weighted by Gasteiger charge is 2.17. The first-order valence-corrected chi connectivity index (χ1v) is 7.66. The van der Waals surface area contributed by atoms with Crippen LogP contribution >= 0.6 is 15.9 Å². The van der Waals surface area contributed by atoms with Crippen molar-refractivity contribution in [1.29, 1.82) is 0 Å². The number of nitrogens with zero attached hydrogens (tertiary/aromatic N) is 2. The first kappa shape index (κ1) is 15.2. The SMILES string of the molecule is CCn1nc(C)c(Br)c1CC(Cc1ccccc1)NN. The van der Waals surface area contributed by atoms with Gasteiger partial charge >= 0.3 is 0 Å². The molecule has 0 saturated heterocycles. The lowest BCUT2D eigenvalue weighted by molar-refractivity contribution is 0.495. The Balaban J connectivity index is 2.14. The first-order chi connectivity index (χ1) is 9.65. The monoisotopic (exact) mass is 336 g/mol. The minimum Gasteiger partial charge on any atom is -0.271 e. The first-order valence-electron chi connectivity index (χ1n) is 6.87. The molecular formula is C15H21BrN4. The predicted octanol–water partition coefficient (Wildman–Crippen LogP) is 2.59. The summed E-state index contributed by atoms with van der Waals surface area (Å²) < 4.78 is 3.13. The second-order valence-corrected chi connectivity index (χ2v) is 5.71. The van der Waals surface area contributed by atoms with E-state index in [0.717, 1.165) is 29.6 Å². The van der Waals surface area contributed by atoms with Gasteiger partial charge in [0.15, 0.2) is 0 Å². The van der Waals surface area contributed by atoms with Crippen LogP contribution in [-0.2, 0) is 19.4 Å². The van der Waals surface area contributed by atoms with E-state index in [9.17, 15) is 0 Å². The van der Waals surface area contributed by atoms with E-state index in [0.29, 0.717) is 0 Å². The molecule has 3 N–H and O–H groups in total. The van der Waals surface area contributed by atoms with Gasteiger partial charge in [0.25, 0.3) is 0 Å². The third-order valence-electron chi connectivity index (χ3n) is 3.45. The van der Waals surface area contributed by atoms with Gasteiger partial charge < -0.3 is 0 Å². The van der Waals surface area contributed by atoms with Crippen LogP contribution in [0.2, 0.25) is 0 Å². The zero-order valence-corrected chi connectivity index (χ0v) is 13.5. The predicted molar refractivity (Wildman–Crippen MR) is 85.3 cm³/mol. The highest BCUT2D eigenvalue weighted by molar-refractivity contribution is 9.10. The second kappa shape index (κ2) is 7.02. The summed E-state index contributed by atoms with van der Waals surface area (Å²) in [5, 5.41) is 4.52. The maximum atomic E-state index is 5.72. The molecule has 0 spiro atoms. The van der Waals surface area contributed by atoms with Crippen molar-refractivity contribution in [2.45, 2.75) is 39.3 Å². The number of aromatic nitrogens is 2. The summed E-state index contributed by atoms with van der Waals surface area (Å²) in [6.45, 7) is 4.98. The molecule has 1 unspecified atom stereocenters. The number of hydrogen-bond acceptors (Lipinski definition) is 3. The number of hydrogen-bond donors (Lipinski definition) is 2. The molecule has 20 heavy (non-hydrogen) atoms. The van der Waals surface area contributed by atoms with Gasteiger partial charge in [0, 0.05) is 19.0 Å². The topological polar surface area (TPSA) is 55.9 Å². The van der Waals surface area contributed by atoms with Crippen molar-refractivity contribution in [1.82, 2.24) is 15.2 Å². The lowest BCUT2D eigenvalue weighted by Crippen LogP contribution is -2.39. The van der Waals surface area contributed by atoms with E-state index in [2.05, 4.69) is 57.6 Å². The summed E-state index contributed by atoms with van der Waals surface area (Å²) in [7, 11) is 0. The van der Waals surface area contributed by atoms with E-state index in [1.54, 1.807) is 0 Å². The molecule has 0 aliphatic carbocycles. The van der Waals surface area contributed by atoms with Gasteiger partial charge in [0.1, 0.15) is 0 Å². The Labute approximate surface area is 128 Å². The van der Waals surface area contributed by atoms with Crippen molar-refractivity contribution in [3.05, 3.63) is 51.8 Å². The average molecular weight is 337 g/mol. The van der Waals surface area contributed by atoms with Gasteiger partial charge in [0.2, 0.25) is 0 Å². The van der Waals surface area contributed by atoms with Crippen LogP contribution in [0.15, 0.2) is 34.8 Å². The number of hydrazine groups is 1. The number of rotatable bonds is 6. The van der Waals surface area contributed by atoms with Crippen LogP contribution in [0.25, 0.3) is 0 Å². The molecule has 0 fully saturated rings. The smallest absolute Gasteiger partial charge is 0.0738 e. The van der Waals surface area contributed by atoms with Gasteiger partial charge in [-0.1, -0.05) is 30.3 Å². The van der Waals surface area contributed by atoms with Crippen molar-refractivity contribution >= 4 is 15.9 Å². The van der Waals surface area contributed by atoms with Crippen LogP contribution in [0.3, 0.4) is 0 Å². The van der Waals surface area contributed by atoms with Crippen molar-refractivity contribution in [2.75, 3.05) is 0 Å². The second-order valence-electron chi connectivity index (χ2n) is 4.92. The van der Waals surface area contributed by atoms with Crippen molar-refractivity contribution in [3.63, 3.8) is 0 Å². The highest BCUT2D eigenvalue weighted by atomic mass is 79.9. The summed E-state index contributed by atoms with van der Waals surface area (Å²) in [5.41, 5.74) is 6.43. The van der Waals surface area contributed by atoms with E-state index < -0.39 is 0 Å². The van der Waals surface area contributed by atoms with Crippen LogP contribution < -0.4 is 11.3 Å². The average Bonchev–Trinajstić information content (AvgIpc) is 2.75. The Morgan fingerprint density at radius 2 is 2.00 bits per heavy atom. The van der Waals surface area contributed by atoms with E-state index >= 15 is 0 Å². The number of benzene rings is 1. The molecule has 0 amide bonds. The molecule has 0 bridgehead atoms. The highest BCUT2D eigenvalue weighted by Crippen LogP contribution is 2.23. The van der Waals surface area contributed by atoms with Crippen molar-refractivity contribution < 1.29 is 0 Å². The zero-order valence-electron chi connectivity index (χ0n) is 11.9. The molecule has 0 radical (unpaired) electrons. The Morgan fingerprint density at radius 1 is 1.30 bits per heavy atom. The Kier molecular flexibility index (Phi) is 5.34. The standard InChI is InChI=1S/C15H21BrN4/c1-3-20-14(15(16)11(2)19-20)10-13(18-17)9-12-7-5-4-6-8-12/h4-8,13,18H,3,9-10,17H2,1-2H3. The summed E-state index contributed by atoms with van der Waals surface area (Å²) in [6.07, 6.45) is 1.75. The Bertz CT molecular complexity index is 551. The maximum Gasteiger partial charge on any atom is 0.0738 e. The molecule has 1 aromatic heterocycles. The molecule has 0 aliphatic heterocycles. The van der Waals surface area contributed by atoms with Crippen LogP contribution in [0.1, 0.15) is 23.9 Å². The largest absolute Gasteiger partial charge is 0.271 e. The summed E-state index contributed by atoms with van der Waals surface area (Å²) in [4.78, 5) is 0. The number of nitrogens with one attached hydrogen (secondary N) is 1. The molecule has 5 heteroatoms. The van der Waals surface area contributed by atoms with Crippen molar-refractivity contribution in [2.24, 2.45) is 5.84 Å². The van der Waals surface area contributed by atoms with Gasteiger partial charge in [-0.25, -0.2) is 0 Å². The van der Waals surface area contributed by atoms with Gasteiger partial charge in [-0.2, -0.15) is 5.10 Å². The van der Waals surface area contributed by atoms with Crippen LogP contribution in [0.4, 0.5) is 0 Å². The zero-order chi connectivity index (χ0) is 14.5. The molecule has 2 aromatic rings.